The Bertz CT molecular complexity index is 135. The van der Waals surface area contributed by atoms with Gasteiger partial charge in [0.2, 0.25) is 0 Å². The zero-order chi connectivity index (χ0) is 11.4. The van der Waals surface area contributed by atoms with Crippen LogP contribution in [0.1, 0.15) is 78.6 Å². The third kappa shape index (κ3) is 10.0. The van der Waals surface area contributed by atoms with Crippen molar-refractivity contribution in [1.82, 2.24) is 0 Å². The molecule has 0 saturated carbocycles. The van der Waals surface area contributed by atoms with Gasteiger partial charge in [-0.2, -0.15) is 0 Å². The van der Waals surface area contributed by atoms with E-state index in [9.17, 15) is 0 Å². The summed E-state index contributed by atoms with van der Waals surface area (Å²) in [6.45, 7) is 6.75. The fourth-order valence-electron chi connectivity index (χ4n) is 2.10. The summed E-state index contributed by atoms with van der Waals surface area (Å²) < 4.78 is 0. The van der Waals surface area contributed by atoms with E-state index in [1.807, 2.05) is 0 Å². The fraction of sp³-hybridized carbons (Fsp3) is 0.867. The van der Waals surface area contributed by atoms with Crippen LogP contribution in [0.25, 0.3) is 0 Å². The summed E-state index contributed by atoms with van der Waals surface area (Å²) in [5, 5.41) is 0. The van der Waals surface area contributed by atoms with E-state index in [2.05, 4.69) is 32.9 Å². The molecule has 0 aliphatic carbocycles. The van der Waals surface area contributed by atoms with Crippen molar-refractivity contribution in [2.45, 2.75) is 78.6 Å². The summed E-state index contributed by atoms with van der Waals surface area (Å²) in [6.07, 6.45) is 17.1. The molecule has 0 bridgehead atoms. The van der Waals surface area contributed by atoms with E-state index in [1.165, 1.54) is 57.8 Å². The Labute approximate surface area is 97.2 Å². The van der Waals surface area contributed by atoms with Crippen LogP contribution in [0.5, 0.6) is 0 Å². The Kier molecular flexibility index (Phi) is 11.6. The Balaban J connectivity index is 3.35. The Hall–Kier alpha value is -0.260. The first-order valence-electron chi connectivity index (χ1n) is 6.96. The highest BCUT2D eigenvalue weighted by Crippen LogP contribution is 2.20. The first-order valence-corrected chi connectivity index (χ1v) is 6.96. The first-order chi connectivity index (χ1) is 7.35. The number of unbranched alkanes of at least 4 members (excludes halogenated alkanes) is 4. The van der Waals surface area contributed by atoms with E-state index in [0.29, 0.717) is 0 Å². The molecule has 0 heteroatoms. The van der Waals surface area contributed by atoms with Crippen molar-refractivity contribution < 1.29 is 0 Å². The van der Waals surface area contributed by atoms with Crippen LogP contribution in [-0.2, 0) is 0 Å². The third-order valence-corrected chi connectivity index (χ3v) is 3.26. The summed E-state index contributed by atoms with van der Waals surface area (Å²) in [6, 6.07) is 0. The lowest BCUT2D eigenvalue weighted by Gasteiger charge is -2.13. The van der Waals surface area contributed by atoms with E-state index in [1.54, 1.807) is 0 Å². The number of hydrogen-bond acceptors (Lipinski definition) is 0. The molecule has 0 aliphatic rings. The number of allylic oxidation sites excluding steroid dienone is 2. The van der Waals surface area contributed by atoms with Crippen LogP contribution in [0.15, 0.2) is 12.2 Å². The van der Waals surface area contributed by atoms with Gasteiger partial charge in [0, 0.05) is 0 Å². The molecule has 15 heavy (non-hydrogen) atoms. The molecule has 1 atom stereocenters. The van der Waals surface area contributed by atoms with Gasteiger partial charge >= 0.3 is 0 Å². The van der Waals surface area contributed by atoms with Gasteiger partial charge in [-0.3, -0.25) is 0 Å². The quantitative estimate of drug-likeness (QED) is 0.319. The molecule has 0 aromatic heterocycles. The molecule has 0 nitrogen and oxygen atoms in total. The van der Waals surface area contributed by atoms with Gasteiger partial charge in [-0.15, -0.1) is 0 Å². The maximum Gasteiger partial charge on any atom is -0.0351 e. The lowest BCUT2D eigenvalue weighted by atomic mass is 9.93. The maximum absolute atomic E-state index is 2.35. The van der Waals surface area contributed by atoms with Crippen molar-refractivity contribution in [3.05, 3.63) is 12.2 Å². The Morgan fingerprint density at radius 3 is 2.13 bits per heavy atom. The predicted molar refractivity (Wildman–Crippen MR) is 71.2 cm³/mol. The predicted octanol–water partition coefficient (Wildman–Crippen LogP) is 5.73. The Morgan fingerprint density at radius 1 is 0.933 bits per heavy atom. The van der Waals surface area contributed by atoms with Gasteiger partial charge in [-0.1, -0.05) is 70.9 Å². The standard InChI is InChI=1S/C15H30/c1-4-7-9-10-12-14-15(6-3)13-11-8-5-2/h4,7,15H,5-6,8-14H2,1-3H3/b7-4+. The van der Waals surface area contributed by atoms with Gasteiger partial charge in [-0.25, -0.2) is 0 Å². The largest absolute Gasteiger partial charge is 0.0917 e. The van der Waals surface area contributed by atoms with Gasteiger partial charge in [0.25, 0.3) is 0 Å². The van der Waals surface area contributed by atoms with Gasteiger partial charge in [0.15, 0.2) is 0 Å². The highest BCUT2D eigenvalue weighted by atomic mass is 14.1. The van der Waals surface area contributed by atoms with Gasteiger partial charge in [0.1, 0.15) is 0 Å². The van der Waals surface area contributed by atoms with Crippen LogP contribution in [0, 0.1) is 5.92 Å². The van der Waals surface area contributed by atoms with Crippen LogP contribution in [-0.4, -0.2) is 0 Å². The molecule has 0 fully saturated rings. The van der Waals surface area contributed by atoms with Crippen molar-refractivity contribution in [2.75, 3.05) is 0 Å². The summed E-state index contributed by atoms with van der Waals surface area (Å²) in [5.41, 5.74) is 0. The van der Waals surface area contributed by atoms with Crippen LogP contribution in [0.4, 0.5) is 0 Å². The molecule has 0 amide bonds. The second-order valence-corrected chi connectivity index (χ2v) is 4.62. The van der Waals surface area contributed by atoms with Crippen molar-refractivity contribution >= 4 is 0 Å². The van der Waals surface area contributed by atoms with E-state index in [-0.39, 0.29) is 0 Å². The van der Waals surface area contributed by atoms with Gasteiger partial charge < -0.3 is 0 Å². The van der Waals surface area contributed by atoms with Gasteiger partial charge in [-0.05, 0) is 25.7 Å². The molecule has 0 spiro atoms. The lowest BCUT2D eigenvalue weighted by Crippen LogP contribution is -1.98. The molecule has 1 unspecified atom stereocenters. The molecule has 0 radical (unpaired) electrons. The van der Waals surface area contributed by atoms with Crippen LogP contribution < -0.4 is 0 Å². The smallest absolute Gasteiger partial charge is 0.0351 e. The zero-order valence-corrected chi connectivity index (χ0v) is 11.1. The SMILES string of the molecule is C/C=C/CCCCC(CC)CCCCC. The average Bonchev–Trinajstić information content (AvgIpc) is 2.26. The molecule has 0 aromatic rings. The zero-order valence-electron chi connectivity index (χ0n) is 11.1. The average molecular weight is 210 g/mol. The summed E-state index contributed by atoms with van der Waals surface area (Å²) in [5.74, 6) is 1.00. The monoisotopic (exact) mass is 210 g/mol. The van der Waals surface area contributed by atoms with Crippen LogP contribution in [0.3, 0.4) is 0 Å². The highest BCUT2D eigenvalue weighted by Gasteiger charge is 2.04. The minimum atomic E-state index is 1.00. The molecule has 0 rings (SSSR count). The van der Waals surface area contributed by atoms with E-state index >= 15 is 0 Å². The number of rotatable bonds is 10. The third-order valence-electron chi connectivity index (χ3n) is 3.26. The summed E-state index contributed by atoms with van der Waals surface area (Å²) >= 11 is 0. The molecule has 0 heterocycles. The van der Waals surface area contributed by atoms with Crippen molar-refractivity contribution in [2.24, 2.45) is 5.92 Å². The topological polar surface area (TPSA) is 0 Å². The van der Waals surface area contributed by atoms with Crippen LogP contribution >= 0.6 is 0 Å². The minimum Gasteiger partial charge on any atom is -0.0917 e. The first kappa shape index (κ1) is 14.7. The summed E-state index contributed by atoms with van der Waals surface area (Å²) in [4.78, 5) is 0. The molecule has 0 aliphatic heterocycles. The molecule has 0 N–H and O–H groups in total. The van der Waals surface area contributed by atoms with E-state index < -0.39 is 0 Å². The Morgan fingerprint density at radius 2 is 1.60 bits per heavy atom. The van der Waals surface area contributed by atoms with Crippen molar-refractivity contribution in [3.63, 3.8) is 0 Å². The van der Waals surface area contributed by atoms with Gasteiger partial charge in [0.05, 0.1) is 0 Å². The second kappa shape index (κ2) is 11.8. The number of hydrogen-bond donors (Lipinski definition) is 0. The fourth-order valence-corrected chi connectivity index (χ4v) is 2.10. The second-order valence-electron chi connectivity index (χ2n) is 4.62. The minimum absolute atomic E-state index is 1.00. The van der Waals surface area contributed by atoms with Crippen molar-refractivity contribution in [1.29, 1.82) is 0 Å². The van der Waals surface area contributed by atoms with E-state index in [4.69, 9.17) is 0 Å². The molecule has 90 valence electrons. The van der Waals surface area contributed by atoms with Crippen molar-refractivity contribution in [3.8, 4) is 0 Å². The summed E-state index contributed by atoms with van der Waals surface area (Å²) in [7, 11) is 0. The molecular weight excluding hydrogens is 180 g/mol. The molecule has 0 aromatic carbocycles. The molecule has 0 saturated heterocycles. The maximum atomic E-state index is 2.35. The normalized spacial score (nSPS) is 13.5. The molecular formula is C15H30. The van der Waals surface area contributed by atoms with Crippen LogP contribution in [0.2, 0.25) is 0 Å². The van der Waals surface area contributed by atoms with E-state index in [0.717, 1.165) is 5.92 Å². The lowest BCUT2D eigenvalue weighted by molar-refractivity contribution is 0.401. The highest BCUT2D eigenvalue weighted by molar-refractivity contribution is 4.76.